The minimum Gasteiger partial charge on any atom is -0.457 e. The van der Waals surface area contributed by atoms with E-state index in [0.29, 0.717) is 22.7 Å². The Morgan fingerprint density at radius 1 is 0.967 bits per heavy atom. The van der Waals surface area contributed by atoms with Gasteiger partial charge in [0.05, 0.1) is 5.69 Å². The van der Waals surface area contributed by atoms with Crippen LogP contribution in [-0.4, -0.2) is 21.9 Å². The van der Waals surface area contributed by atoms with E-state index >= 15 is 0 Å². The highest BCUT2D eigenvalue weighted by Gasteiger charge is 2.34. The van der Waals surface area contributed by atoms with Gasteiger partial charge >= 0.3 is 0 Å². The van der Waals surface area contributed by atoms with Crippen molar-refractivity contribution in [3.8, 4) is 11.5 Å². The van der Waals surface area contributed by atoms with Crippen molar-refractivity contribution in [2.45, 2.75) is 0 Å². The third-order valence-corrected chi connectivity index (χ3v) is 4.86. The molecule has 0 atom stereocenters. The summed E-state index contributed by atoms with van der Waals surface area (Å²) in [5.41, 5.74) is 0.855. The molecule has 0 aliphatic carbocycles. The van der Waals surface area contributed by atoms with Gasteiger partial charge in [-0.25, -0.2) is 4.98 Å². The summed E-state index contributed by atoms with van der Waals surface area (Å²) in [6.45, 7) is 0. The quantitative estimate of drug-likeness (QED) is 0.285. The van der Waals surface area contributed by atoms with Gasteiger partial charge in [0.25, 0.3) is 11.8 Å². The molecule has 0 unspecified atom stereocenters. The van der Waals surface area contributed by atoms with Gasteiger partial charge in [0.15, 0.2) is 5.11 Å². The molecule has 2 amide bonds. The smallest absolute Gasteiger partial charge is 0.270 e. The number of rotatable bonds is 4. The molecule has 30 heavy (non-hydrogen) atoms. The Bertz CT molecular complexity index is 1160. The van der Waals surface area contributed by atoms with Gasteiger partial charge in [-0.1, -0.05) is 35.9 Å². The molecule has 0 bridgehead atoms. The predicted molar refractivity (Wildman–Crippen MR) is 118 cm³/mol. The molecule has 1 N–H and O–H groups in total. The van der Waals surface area contributed by atoms with Crippen molar-refractivity contribution >= 4 is 52.5 Å². The number of benzene rings is 2. The number of anilines is 1. The third-order valence-electron chi connectivity index (χ3n) is 4.26. The van der Waals surface area contributed by atoms with Crippen molar-refractivity contribution in [1.29, 1.82) is 0 Å². The molecule has 148 valence electrons. The van der Waals surface area contributed by atoms with Crippen LogP contribution >= 0.6 is 23.8 Å². The molecule has 2 heterocycles. The second-order valence-corrected chi connectivity index (χ2v) is 7.00. The number of halogens is 1. The fourth-order valence-electron chi connectivity index (χ4n) is 2.84. The van der Waals surface area contributed by atoms with Gasteiger partial charge in [-0.3, -0.25) is 19.8 Å². The van der Waals surface area contributed by atoms with Crippen LogP contribution in [0.1, 0.15) is 5.56 Å². The fraction of sp³-hybridized carbons (Fsp3) is 0. The molecule has 1 aromatic heterocycles. The molecule has 6 nitrogen and oxygen atoms in total. The van der Waals surface area contributed by atoms with Crippen molar-refractivity contribution in [3.05, 3.63) is 89.2 Å². The van der Waals surface area contributed by atoms with Crippen LogP contribution in [0, 0.1) is 0 Å². The maximum Gasteiger partial charge on any atom is 0.270 e. The van der Waals surface area contributed by atoms with E-state index in [-0.39, 0.29) is 15.8 Å². The number of carbonyl (C=O) groups excluding carboxylic acids is 2. The van der Waals surface area contributed by atoms with Crippen molar-refractivity contribution in [3.63, 3.8) is 0 Å². The molecule has 3 aromatic rings. The summed E-state index contributed by atoms with van der Waals surface area (Å²) in [4.78, 5) is 30.6. The second kappa shape index (κ2) is 8.44. The number of ether oxygens (including phenoxy) is 1. The van der Waals surface area contributed by atoms with Gasteiger partial charge < -0.3 is 4.74 Å². The van der Waals surface area contributed by atoms with Crippen molar-refractivity contribution in [2.75, 3.05) is 4.90 Å². The van der Waals surface area contributed by atoms with Crippen molar-refractivity contribution in [2.24, 2.45) is 0 Å². The molecular weight excluding hydrogens is 422 g/mol. The second-order valence-electron chi connectivity index (χ2n) is 6.25. The minimum atomic E-state index is -0.592. The van der Waals surface area contributed by atoms with Gasteiger partial charge in [-0.05, 0) is 60.8 Å². The fourth-order valence-corrected chi connectivity index (χ4v) is 3.30. The lowest BCUT2D eigenvalue weighted by Gasteiger charge is -2.29. The average molecular weight is 436 g/mol. The number of hydrogen-bond acceptors (Lipinski definition) is 5. The summed E-state index contributed by atoms with van der Waals surface area (Å²) < 4.78 is 5.77. The Balaban J connectivity index is 1.61. The van der Waals surface area contributed by atoms with Gasteiger partial charge in [-0.2, -0.15) is 0 Å². The number of para-hydroxylation sites is 1. The SMILES string of the molecule is O=C1NC(=S)N(c2ccc(Oc3ccccc3)cc2)C(=O)C1=Cc1cccnc1Cl. The number of thiocarbonyl (C=S) groups is 1. The molecule has 2 aromatic carbocycles. The van der Waals surface area contributed by atoms with Crippen LogP contribution in [0.25, 0.3) is 6.08 Å². The van der Waals surface area contributed by atoms with E-state index in [2.05, 4.69) is 10.3 Å². The van der Waals surface area contributed by atoms with Gasteiger partial charge in [0.1, 0.15) is 22.2 Å². The molecule has 0 radical (unpaired) electrons. The van der Waals surface area contributed by atoms with Crippen LogP contribution in [-0.2, 0) is 9.59 Å². The lowest BCUT2D eigenvalue weighted by molar-refractivity contribution is -0.122. The molecule has 4 rings (SSSR count). The maximum atomic E-state index is 13.1. The predicted octanol–water partition coefficient (Wildman–Crippen LogP) is 4.36. The van der Waals surface area contributed by atoms with E-state index in [0.717, 1.165) is 0 Å². The third kappa shape index (κ3) is 4.07. The first-order valence-electron chi connectivity index (χ1n) is 8.88. The van der Waals surface area contributed by atoms with Crippen molar-refractivity contribution < 1.29 is 14.3 Å². The Kier molecular flexibility index (Phi) is 5.56. The van der Waals surface area contributed by atoms with Crippen LogP contribution in [0.15, 0.2) is 78.5 Å². The molecule has 0 saturated carbocycles. The van der Waals surface area contributed by atoms with Crippen LogP contribution in [0.5, 0.6) is 11.5 Å². The van der Waals surface area contributed by atoms with E-state index in [1.165, 1.54) is 17.2 Å². The van der Waals surface area contributed by atoms with Crippen LogP contribution in [0.4, 0.5) is 5.69 Å². The summed E-state index contributed by atoms with van der Waals surface area (Å²) in [6.07, 6.45) is 2.92. The highest BCUT2D eigenvalue weighted by atomic mass is 35.5. The molecule has 0 spiro atoms. The number of nitrogens with zero attached hydrogens (tertiary/aromatic N) is 2. The Hall–Kier alpha value is -3.55. The lowest BCUT2D eigenvalue weighted by atomic mass is 10.1. The molecule has 1 saturated heterocycles. The van der Waals surface area contributed by atoms with E-state index in [9.17, 15) is 9.59 Å². The number of amides is 2. The number of aromatic nitrogens is 1. The molecule has 1 aliphatic rings. The Morgan fingerprint density at radius 2 is 1.67 bits per heavy atom. The first-order valence-corrected chi connectivity index (χ1v) is 9.66. The van der Waals surface area contributed by atoms with Crippen LogP contribution in [0.2, 0.25) is 5.15 Å². The topological polar surface area (TPSA) is 71.5 Å². The lowest BCUT2D eigenvalue weighted by Crippen LogP contribution is -2.54. The van der Waals surface area contributed by atoms with E-state index in [1.54, 1.807) is 36.4 Å². The molecule has 1 fully saturated rings. The zero-order valence-corrected chi connectivity index (χ0v) is 17.0. The maximum absolute atomic E-state index is 13.1. The number of hydrogen-bond donors (Lipinski definition) is 1. The number of pyridine rings is 1. The molecular formula is C22H14ClN3O3S. The first-order chi connectivity index (χ1) is 14.5. The van der Waals surface area contributed by atoms with E-state index in [4.69, 9.17) is 28.6 Å². The number of carbonyl (C=O) groups is 2. The van der Waals surface area contributed by atoms with Crippen LogP contribution < -0.4 is 15.0 Å². The Labute approximate surface area is 182 Å². The number of nitrogens with one attached hydrogen (secondary N) is 1. The molecule has 1 aliphatic heterocycles. The zero-order chi connectivity index (χ0) is 21.1. The summed E-state index contributed by atoms with van der Waals surface area (Å²) in [6, 6.07) is 19.5. The average Bonchev–Trinajstić information content (AvgIpc) is 2.74. The first kappa shape index (κ1) is 19.8. The monoisotopic (exact) mass is 435 g/mol. The largest absolute Gasteiger partial charge is 0.457 e. The standard InChI is InChI=1S/C22H14ClN3O3S/c23-19-14(5-4-12-24-19)13-18-20(27)25-22(30)26(21(18)28)15-8-10-17(11-9-15)29-16-6-2-1-3-7-16/h1-13H,(H,25,27,30). The van der Waals surface area contributed by atoms with E-state index < -0.39 is 11.8 Å². The summed E-state index contributed by atoms with van der Waals surface area (Å²) in [7, 11) is 0. The Morgan fingerprint density at radius 3 is 2.37 bits per heavy atom. The summed E-state index contributed by atoms with van der Waals surface area (Å²) in [5.74, 6) is 0.147. The summed E-state index contributed by atoms with van der Waals surface area (Å²) in [5, 5.41) is 2.72. The highest BCUT2D eigenvalue weighted by Crippen LogP contribution is 2.27. The highest BCUT2D eigenvalue weighted by molar-refractivity contribution is 7.80. The van der Waals surface area contributed by atoms with Crippen LogP contribution in [0.3, 0.4) is 0 Å². The van der Waals surface area contributed by atoms with Crippen molar-refractivity contribution in [1.82, 2.24) is 10.3 Å². The normalized spacial score (nSPS) is 15.3. The minimum absolute atomic E-state index is 0.00355. The summed E-state index contributed by atoms with van der Waals surface area (Å²) >= 11 is 11.3. The van der Waals surface area contributed by atoms with Gasteiger partial charge in [-0.15, -0.1) is 0 Å². The van der Waals surface area contributed by atoms with Gasteiger partial charge in [0, 0.05) is 11.8 Å². The van der Waals surface area contributed by atoms with E-state index in [1.807, 2.05) is 30.3 Å². The van der Waals surface area contributed by atoms with Gasteiger partial charge in [0.2, 0.25) is 0 Å². The molecule has 8 heteroatoms. The zero-order valence-electron chi connectivity index (χ0n) is 15.4.